The van der Waals surface area contributed by atoms with E-state index in [1.807, 2.05) is 44.2 Å². The van der Waals surface area contributed by atoms with Gasteiger partial charge in [0, 0.05) is 12.1 Å². The third-order valence-electron chi connectivity index (χ3n) is 5.32. The van der Waals surface area contributed by atoms with Crippen LogP contribution in [0.5, 0.6) is 11.5 Å². The van der Waals surface area contributed by atoms with E-state index in [2.05, 4.69) is 27.9 Å². The zero-order valence-electron chi connectivity index (χ0n) is 20.0. The number of hydrogen-bond donors (Lipinski definition) is 1. The molecule has 0 saturated carbocycles. The number of nitrogens with zero attached hydrogens (tertiary/aromatic N) is 2. The second-order valence-electron chi connectivity index (χ2n) is 7.86. The summed E-state index contributed by atoms with van der Waals surface area (Å²) in [5.74, 6) is 0.401. The predicted octanol–water partition coefficient (Wildman–Crippen LogP) is 6.34. The zero-order valence-corrected chi connectivity index (χ0v) is 22.2. The summed E-state index contributed by atoms with van der Waals surface area (Å²) in [6, 6.07) is 17.5. The Bertz CT molecular complexity index is 1380. The van der Waals surface area contributed by atoms with E-state index in [1.54, 1.807) is 19.1 Å². The molecule has 0 aliphatic carbocycles. The number of amides is 1. The molecule has 1 amide bonds. The van der Waals surface area contributed by atoms with Gasteiger partial charge in [-0.1, -0.05) is 30.3 Å². The molecular weight excluding hydrogens is 573 g/mol. The minimum absolute atomic E-state index is 0.157. The minimum atomic E-state index is -0.672. The highest BCUT2D eigenvalue weighted by Crippen LogP contribution is 2.36. The molecule has 0 aliphatic rings. The van der Waals surface area contributed by atoms with Crippen LogP contribution in [0.4, 0.5) is 11.4 Å². The predicted molar refractivity (Wildman–Crippen MR) is 146 cm³/mol. The maximum atomic E-state index is 12.8. The van der Waals surface area contributed by atoms with E-state index in [1.165, 1.54) is 24.3 Å². The molecule has 3 aromatic rings. The lowest BCUT2D eigenvalue weighted by Gasteiger charge is -2.16. The second kappa shape index (κ2) is 12.2. The first-order chi connectivity index (χ1) is 17.2. The summed E-state index contributed by atoms with van der Waals surface area (Å²) < 4.78 is 12.6. The van der Waals surface area contributed by atoms with Crippen LogP contribution in [-0.2, 0) is 11.4 Å². The number of nitriles is 1. The fraction of sp³-hybridized carbons (Fsp3) is 0.185. The maximum absolute atomic E-state index is 12.8. The lowest BCUT2D eigenvalue weighted by molar-refractivity contribution is -0.384. The molecule has 0 aromatic heterocycles. The quantitative estimate of drug-likeness (QED) is 0.101. The molecule has 184 valence electrons. The molecule has 1 N–H and O–H groups in total. The van der Waals surface area contributed by atoms with Crippen LogP contribution in [0.3, 0.4) is 0 Å². The van der Waals surface area contributed by atoms with Crippen LogP contribution < -0.4 is 14.8 Å². The van der Waals surface area contributed by atoms with Crippen LogP contribution in [0.15, 0.2) is 60.2 Å². The number of ether oxygens (including phenoxy) is 2. The van der Waals surface area contributed by atoms with Gasteiger partial charge < -0.3 is 14.8 Å². The topological polar surface area (TPSA) is 114 Å². The Labute approximate surface area is 222 Å². The molecule has 0 fully saturated rings. The molecule has 0 unspecified atom stereocenters. The Hall–Kier alpha value is -3.91. The summed E-state index contributed by atoms with van der Waals surface area (Å²) >= 11 is 2.13. The summed E-state index contributed by atoms with van der Waals surface area (Å²) in [6.07, 6.45) is 1.44. The monoisotopic (exact) mass is 597 g/mol. The number of anilines is 1. The molecular formula is C27H24IN3O5. The van der Waals surface area contributed by atoms with Gasteiger partial charge in [0.25, 0.3) is 11.6 Å². The standard InChI is InChI=1S/C27H24IN3O5/c1-4-35-25-13-19(12-23(28)26(25)36-16-20-8-6-5-7-17(20)2)11-21(15-29)27(32)30-24-14-22(31(33)34)10-9-18(24)3/h5-14H,4,16H2,1-3H3,(H,30,32)/b21-11+. The molecule has 0 bridgehead atoms. The van der Waals surface area contributed by atoms with Crippen molar-refractivity contribution in [2.45, 2.75) is 27.4 Å². The Kier molecular flexibility index (Phi) is 9.02. The van der Waals surface area contributed by atoms with Crippen LogP contribution in [-0.4, -0.2) is 17.4 Å². The van der Waals surface area contributed by atoms with Crippen LogP contribution >= 0.6 is 22.6 Å². The van der Waals surface area contributed by atoms with Crippen molar-refractivity contribution in [3.63, 3.8) is 0 Å². The first-order valence-electron chi connectivity index (χ1n) is 11.0. The normalized spacial score (nSPS) is 10.9. The summed E-state index contributed by atoms with van der Waals surface area (Å²) in [5, 5.41) is 23.3. The van der Waals surface area contributed by atoms with Gasteiger partial charge in [0.1, 0.15) is 18.2 Å². The van der Waals surface area contributed by atoms with Crippen molar-refractivity contribution in [3.8, 4) is 17.6 Å². The van der Waals surface area contributed by atoms with E-state index in [-0.39, 0.29) is 16.9 Å². The molecule has 36 heavy (non-hydrogen) atoms. The van der Waals surface area contributed by atoms with E-state index < -0.39 is 10.8 Å². The van der Waals surface area contributed by atoms with Gasteiger partial charge in [-0.3, -0.25) is 14.9 Å². The Morgan fingerprint density at radius 1 is 1.14 bits per heavy atom. The van der Waals surface area contributed by atoms with E-state index in [0.717, 1.165) is 14.7 Å². The molecule has 0 atom stereocenters. The SMILES string of the molecule is CCOc1cc(/C=C(\C#N)C(=O)Nc2cc([N+](=O)[O-])ccc2C)cc(I)c1OCc1ccccc1C. The maximum Gasteiger partial charge on any atom is 0.271 e. The fourth-order valence-corrected chi connectivity index (χ4v) is 4.14. The van der Waals surface area contributed by atoms with Crippen molar-refractivity contribution >= 4 is 45.9 Å². The fourth-order valence-electron chi connectivity index (χ4n) is 3.36. The molecule has 0 saturated heterocycles. The molecule has 3 aromatic carbocycles. The number of non-ortho nitro benzene ring substituents is 1. The number of nitro benzene ring substituents is 1. The Balaban J connectivity index is 1.88. The molecule has 0 aliphatic heterocycles. The Morgan fingerprint density at radius 2 is 1.89 bits per heavy atom. The highest BCUT2D eigenvalue weighted by Gasteiger charge is 2.17. The summed E-state index contributed by atoms with van der Waals surface area (Å²) in [7, 11) is 0. The molecule has 9 heteroatoms. The van der Waals surface area contributed by atoms with Crippen molar-refractivity contribution in [1.29, 1.82) is 5.26 Å². The molecule has 0 spiro atoms. The third kappa shape index (κ3) is 6.60. The van der Waals surface area contributed by atoms with E-state index in [9.17, 15) is 20.2 Å². The summed E-state index contributed by atoms with van der Waals surface area (Å²) in [4.78, 5) is 23.3. The number of nitro groups is 1. The highest BCUT2D eigenvalue weighted by atomic mass is 127. The molecule has 3 rings (SSSR count). The minimum Gasteiger partial charge on any atom is -0.490 e. The van der Waals surface area contributed by atoms with Crippen LogP contribution in [0.25, 0.3) is 6.08 Å². The Morgan fingerprint density at radius 3 is 2.56 bits per heavy atom. The van der Waals surface area contributed by atoms with Crippen molar-refractivity contribution in [2.24, 2.45) is 0 Å². The van der Waals surface area contributed by atoms with E-state index in [0.29, 0.717) is 35.8 Å². The number of aryl methyl sites for hydroxylation is 2. The first kappa shape index (κ1) is 26.7. The molecule has 8 nitrogen and oxygen atoms in total. The number of hydrogen-bond acceptors (Lipinski definition) is 6. The van der Waals surface area contributed by atoms with Crippen LogP contribution in [0.2, 0.25) is 0 Å². The van der Waals surface area contributed by atoms with Gasteiger partial charge >= 0.3 is 0 Å². The number of halogens is 1. The van der Waals surface area contributed by atoms with E-state index in [4.69, 9.17) is 9.47 Å². The van der Waals surface area contributed by atoms with Gasteiger partial charge in [-0.05, 0) is 83.8 Å². The van der Waals surface area contributed by atoms with Gasteiger partial charge in [0.05, 0.1) is 20.8 Å². The number of benzene rings is 3. The smallest absolute Gasteiger partial charge is 0.271 e. The zero-order chi connectivity index (χ0) is 26.2. The van der Waals surface area contributed by atoms with Gasteiger partial charge in [0.2, 0.25) is 0 Å². The lowest BCUT2D eigenvalue weighted by atomic mass is 10.1. The van der Waals surface area contributed by atoms with Crippen LogP contribution in [0, 0.1) is 38.9 Å². The average molecular weight is 597 g/mol. The first-order valence-corrected chi connectivity index (χ1v) is 12.1. The van der Waals surface area contributed by atoms with Gasteiger partial charge in [0.15, 0.2) is 11.5 Å². The van der Waals surface area contributed by atoms with Crippen LogP contribution in [0.1, 0.15) is 29.2 Å². The number of carbonyl (C=O) groups excluding carboxylic acids is 1. The lowest BCUT2D eigenvalue weighted by Crippen LogP contribution is -2.14. The summed E-state index contributed by atoms with van der Waals surface area (Å²) in [5.41, 5.74) is 3.33. The van der Waals surface area contributed by atoms with Gasteiger partial charge in [-0.15, -0.1) is 0 Å². The average Bonchev–Trinajstić information content (AvgIpc) is 2.84. The summed E-state index contributed by atoms with van der Waals surface area (Å²) in [6.45, 7) is 6.36. The van der Waals surface area contributed by atoms with Crippen molar-refractivity contribution in [1.82, 2.24) is 0 Å². The highest BCUT2D eigenvalue weighted by molar-refractivity contribution is 14.1. The van der Waals surface area contributed by atoms with Gasteiger partial charge in [-0.25, -0.2) is 0 Å². The second-order valence-corrected chi connectivity index (χ2v) is 9.02. The van der Waals surface area contributed by atoms with Crippen molar-refractivity contribution in [2.75, 3.05) is 11.9 Å². The number of carbonyl (C=O) groups is 1. The van der Waals surface area contributed by atoms with E-state index >= 15 is 0 Å². The largest absolute Gasteiger partial charge is 0.490 e. The third-order valence-corrected chi connectivity index (χ3v) is 6.12. The number of rotatable bonds is 9. The van der Waals surface area contributed by atoms with Crippen molar-refractivity contribution < 1.29 is 19.2 Å². The molecule has 0 radical (unpaired) electrons. The van der Waals surface area contributed by atoms with Crippen molar-refractivity contribution in [3.05, 3.63) is 96.1 Å². The molecule has 0 heterocycles. The number of nitrogens with one attached hydrogen (secondary N) is 1. The van der Waals surface area contributed by atoms with Gasteiger partial charge in [-0.2, -0.15) is 5.26 Å².